The predicted octanol–water partition coefficient (Wildman–Crippen LogP) is 0.786. The Bertz CT molecular complexity index is 620. The number of amides is 1. The van der Waals surface area contributed by atoms with E-state index in [-0.39, 0.29) is 31.2 Å². The number of aromatic amines is 1. The molecule has 6 nitrogen and oxygen atoms in total. The molecule has 1 unspecified atom stereocenters. The van der Waals surface area contributed by atoms with Gasteiger partial charge in [0.05, 0.1) is 6.42 Å². The number of H-pyrrole nitrogens is 1. The highest BCUT2D eigenvalue weighted by molar-refractivity contribution is 5.78. The third kappa shape index (κ3) is 4.81. The summed E-state index contributed by atoms with van der Waals surface area (Å²) < 4.78 is 30.8. The van der Waals surface area contributed by atoms with Crippen molar-refractivity contribution in [3.63, 3.8) is 0 Å². The van der Waals surface area contributed by atoms with Crippen molar-refractivity contribution < 1.29 is 23.4 Å². The van der Waals surface area contributed by atoms with Gasteiger partial charge in [-0.15, -0.1) is 0 Å². The van der Waals surface area contributed by atoms with Crippen LogP contribution in [0.1, 0.15) is 5.69 Å². The first kappa shape index (κ1) is 15.9. The highest BCUT2D eigenvalue weighted by atomic mass is 19.2. The van der Waals surface area contributed by atoms with E-state index < -0.39 is 17.7 Å². The van der Waals surface area contributed by atoms with E-state index in [0.29, 0.717) is 5.69 Å². The van der Waals surface area contributed by atoms with Crippen LogP contribution in [0.25, 0.3) is 0 Å². The highest BCUT2D eigenvalue weighted by Gasteiger charge is 2.10. The summed E-state index contributed by atoms with van der Waals surface area (Å²) in [6.07, 6.45) is 0.683. The number of nitrogens with zero attached hydrogens (tertiary/aromatic N) is 1. The van der Waals surface area contributed by atoms with E-state index in [1.807, 2.05) is 0 Å². The molecule has 0 aliphatic heterocycles. The number of ether oxygens (including phenoxy) is 1. The second kappa shape index (κ2) is 7.51. The smallest absolute Gasteiger partial charge is 0.226 e. The number of aliphatic hydroxyl groups is 1. The van der Waals surface area contributed by atoms with Crippen molar-refractivity contribution >= 4 is 5.91 Å². The lowest BCUT2D eigenvalue weighted by atomic mass is 10.3. The molecule has 8 heteroatoms. The van der Waals surface area contributed by atoms with Crippen molar-refractivity contribution in [3.05, 3.63) is 47.8 Å². The zero-order valence-electron chi connectivity index (χ0n) is 11.6. The third-order valence-electron chi connectivity index (χ3n) is 2.78. The lowest BCUT2D eigenvalue weighted by molar-refractivity contribution is -0.121. The summed E-state index contributed by atoms with van der Waals surface area (Å²) in [4.78, 5) is 11.6. The molecule has 118 valence electrons. The molecule has 0 fully saturated rings. The largest absolute Gasteiger partial charge is 0.491 e. The van der Waals surface area contributed by atoms with E-state index in [2.05, 4.69) is 15.5 Å². The Morgan fingerprint density at radius 1 is 1.36 bits per heavy atom. The number of hydrogen-bond acceptors (Lipinski definition) is 4. The molecular formula is C14H15F2N3O3. The maximum absolute atomic E-state index is 13.0. The van der Waals surface area contributed by atoms with Gasteiger partial charge in [0.1, 0.15) is 18.5 Å². The second-order valence-electron chi connectivity index (χ2n) is 4.60. The summed E-state index contributed by atoms with van der Waals surface area (Å²) >= 11 is 0. The average Bonchev–Trinajstić information content (AvgIpc) is 2.99. The summed E-state index contributed by atoms with van der Waals surface area (Å²) in [6, 6.07) is 4.74. The molecule has 1 heterocycles. The molecule has 2 rings (SSSR count). The van der Waals surface area contributed by atoms with Crippen molar-refractivity contribution in [2.45, 2.75) is 12.5 Å². The van der Waals surface area contributed by atoms with Gasteiger partial charge in [-0.1, -0.05) is 0 Å². The zero-order chi connectivity index (χ0) is 15.9. The summed E-state index contributed by atoms with van der Waals surface area (Å²) in [5, 5.41) is 18.6. The van der Waals surface area contributed by atoms with Crippen molar-refractivity contribution in [2.75, 3.05) is 13.2 Å². The van der Waals surface area contributed by atoms with Crippen LogP contribution in [0, 0.1) is 11.6 Å². The van der Waals surface area contributed by atoms with Crippen LogP contribution in [0.15, 0.2) is 30.5 Å². The van der Waals surface area contributed by atoms with E-state index >= 15 is 0 Å². The van der Waals surface area contributed by atoms with Crippen LogP contribution >= 0.6 is 0 Å². The van der Waals surface area contributed by atoms with Gasteiger partial charge in [-0.05, 0) is 18.2 Å². The first-order chi connectivity index (χ1) is 10.5. The van der Waals surface area contributed by atoms with Crippen molar-refractivity contribution in [2.24, 2.45) is 0 Å². The van der Waals surface area contributed by atoms with Gasteiger partial charge >= 0.3 is 0 Å². The molecular weight excluding hydrogens is 296 g/mol. The molecule has 0 saturated heterocycles. The molecule has 0 aliphatic carbocycles. The van der Waals surface area contributed by atoms with E-state index in [0.717, 1.165) is 12.1 Å². The van der Waals surface area contributed by atoms with Gasteiger partial charge in [-0.2, -0.15) is 5.10 Å². The summed E-state index contributed by atoms with van der Waals surface area (Å²) in [6.45, 7) is -0.175. The minimum atomic E-state index is -1.03. The third-order valence-corrected chi connectivity index (χ3v) is 2.78. The maximum atomic E-state index is 13.0. The number of rotatable bonds is 7. The number of benzene rings is 1. The van der Waals surface area contributed by atoms with Gasteiger partial charge in [-0.3, -0.25) is 9.89 Å². The molecule has 0 aliphatic rings. The number of aliphatic hydroxyl groups excluding tert-OH is 1. The first-order valence-electron chi connectivity index (χ1n) is 6.55. The molecule has 0 radical (unpaired) electrons. The second-order valence-corrected chi connectivity index (χ2v) is 4.60. The minimum Gasteiger partial charge on any atom is -0.491 e. The van der Waals surface area contributed by atoms with Gasteiger partial charge in [0.2, 0.25) is 5.91 Å². The molecule has 0 saturated carbocycles. The van der Waals surface area contributed by atoms with E-state index in [4.69, 9.17) is 4.74 Å². The Hall–Kier alpha value is -2.48. The van der Waals surface area contributed by atoms with Crippen LogP contribution < -0.4 is 10.1 Å². The topological polar surface area (TPSA) is 87.2 Å². The van der Waals surface area contributed by atoms with Crippen LogP contribution in [0.5, 0.6) is 5.75 Å². The number of carbonyl (C=O) groups excluding carboxylic acids is 1. The fourth-order valence-corrected chi connectivity index (χ4v) is 1.67. The van der Waals surface area contributed by atoms with Crippen LogP contribution in [-0.4, -0.2) is 40.5 Å². The van der Waals surface area contributed by atoms with Crippen LogP contribution in [0.2, 0.25) is 0 Å². The molecule has 1 aromatic heterocycles. The molecule has 1 amide bonds. The monoisotopic (exact) mass is 311 g/mol. The first-order valence-corrected chi connectivity index (χ1v) is 6.55. The molecule has 2 aromatic rings. The van der Waals surface area contributed by atoms with Gasteiger partial charge in [0.15, 0.2) is 11.6 Å². The lowest BCUT2D eigenvalue weighted by Crippen LogP contribution is -2.36. The van der Waals surface area contributed by atoms with Crippen LogP contribution in [0.3, 0.4) is 0 Å². The number of hydrogen-bond donors (Lipinski definition) is 3. The number of carbonyl (C=O) groups is 1. The van der Waals surface area contributed by atoms with Crippen molar-refractivity contribution in [1.29, 1.82) is 0 Å². The Morgan fingerprint density at radius 3 is 2.86 bits per heavy atom. The van der Waals surface area contributed by atoms with Crippen molar-refractivity contribution in [3.8, 4) is 5.75 Å². The fourth-order valence-electron chi connectivity index (χ4n) is 1.67. The van der Waals surface area contributed by atoms with Gasteiger partial charge in [-0.25, -0.2) is 8.78 Å². The Kier molecular flexibility index (Phi) is 5.42. The number of nitrogens with one attached hydrogen (secondary N) is 2. The van der Waals surface area contributed by atoms with E-state index in [1.165, 1.54) is 12.3 Å². The lowest BCUT2D eigenvalue weighted by Gasteiger charge is -2.13. The van der Waals surface area contributed by atoms with E-state index in [9.17, 15) is 18.7 Å². The summed E-state index contributed by atoms with van der Waals surface area (Å²) in [7, 11) is 0. The van der Waals surface area contributed by atoms with Gasteiger partial charge in [0, 0.05) is 24.5 Å². The molecule has 0 spiro atoms. The molecule has 1 atom stereocenters. The quantitative estimate of drug-likeness (QED) is 0.705. The number of halogens is 2. The average molecular weight is 311 g/mol. The van der Waals surface area contributed by atoms with E-state index in [1.54, 1.807) is 6.07 Å². The Labute approximate surface area is 125 Å². The molecule has 1 aromatic carbocycles. The summed E-state index contributed by atoms with van der Waals surface area (Å²) in [5.74, 6) is -2.18. The molecule has 22 heavy (non-hydrogen) atoms. The highest BCUT2D eigenvalue weighted by Crippen LogP contribution is 2.15. The van der Waals surface area contributed by atoms with Crippen molar-refractivity contribution in [1.82, 2.24) is 15.5 Å². The standard InChI is InChI=1S/C14H15F2N3O3/c15-12-2-1-11(6-13(12)16)22-8-10(20)7-17-14(21)5-9-3-4-18-19-9/h1-4,6,10,20H,5,7-8H2,(H,17,21)(H,18,19). The van der Waals surface area contributed by atoms with Crippen LogP contribution in [0.4, 0.5) is 8.78 Å². The Morgan fingerprint density at radius 2 is 2.18 bits per heavy atom. The Balaban J connectivity index is 1.70. The molecule has 3 N–H and O–H groups in total. The maximum Gasteiger partial charge on any atom is 0.226 e. The normalized spacial score (nSPS) is 12.0. The SMILES string of the molecule is O=C(Cc1ccn[nH]1)NCC(O)COc1ccc(F)c(F)c1. The fraction of sp³-hybridized carbons (Fsp3) is 0.286. The minimum absolute atomic E-state index is 0.0172. The predicted molar refractivity (Wildman–Crippen MR) is 73.2 cm³/mol. The summed E-state index contributed by atoms with van der Waals surface area (Å²) in [5.41, 5.74) is 0.657. The molecule has 0 bridgehead atoms. The van der Waals surface area contributed by atoms with Gasteiger partial charge < -0.3 is 15.2 Å². The van der Waals surface area contributed by atoms with Gasteiger partial charge in [0.25, 0.3) is 0 Å². The number of aromatic nitrogens is 2. The van der Waals surface area contributed by atoms with Crippen LogP contribution in [-0.2, 0) is 11.2 Å². The zero-order valence-corrected chi connectivity index (χ0v) is 11.6.